The average molecular weight is 462 g/mol. The lowest BCUT2D eigenvalue weighted by atomic mass is 10.1. The molecule has 0 unspecified atom stereocenters. The molecule has 4 rings (SSSR count). The van der Waals surface area contributed by atoms with E-state index in [2.05, 4.69) is 22.1 Å². The van der Waals surface area contributed by atoms with Gasteiger partial charge in [0, 0.05) is 29.6 Å². The van der Waals surface area contributed by atoms with E-state index in [4.69, 9.17) is 4.74 Å². The molecule has 1 aliphatic heterocycles. The number of sulfonamides is 1. The third-order valence-electron chi connectivity index (χ3n) is 5.17. The molecule has 1 aliphatic rings. The van der Waals surface area contributed by atoms with Crippen molar-refractivity contribution in [2.24, 2.45) is 0 Å². The Morgan fingerprint density at radius 2 is 1.88 bits per heavy atom. The Bertz CT molecular complexity index is 1310. The maximum atomic E-state index is 12.9. The fourth-order valence-electron chi connectivity index (χ4n) is 3.49. The Balaban J connectivity index is 1.52. The largest absolute Gasteiger partial charge is 0.497 e. The minimum Gasteiger partial charge on any atom is -0.497 e. The number of carbonyl (C=O) groups is 1. The van der Waals surface area contributed by atoms with Crippen molar-refractivity contribution < 1.29 is 17.9 Å². The molecular weight excluding hydrogens is 438 g/mol. The van der Waals surface area contributed by atoms with Gasteiger partial charge in [0.1, 0.15) is 11.4 Å². The van der Waals surface area contributed by atoms with Gasteiger partial charge in [-0.15, -0.1) is 0 Å². The topological polar surface area (TPSA) is 88.6 Å². The van der Waals surface area contributed by atoms with E-state index in [1.807, 2.05) is 12.1 Å². The van der Waals surface area contributed by atoms with Crippen LogP contribution in [0, 0.1) is 11.8 Å². The summed E-state index contributed by atoms with van der Waals surface area (Å²) in [4.78, 5) is 17.0. The fourth-order valence-corrected chi connectivity index (χ4v) is 5.13. The summed E-state index contributed by atoms with van der Waals surface area (Å²) in [5.41, 5.74) is 2.79. The standard InChI is InChI=1S/C25H23N3O4S/c1-32-24-17-19(7-8-21-6-2-3-13-26-21)16-20(18-24)25(29)27-22-9-11-23(12-10-22)28-14-4-5-15-33(28,30)31/h2-3,6,9-13,16-18H,4-5,14-15H2,1H3,(H,27,29). The molecule has 1 amide bonds. The number of amides is 1. The van der Waals surface area contributed by atoms with Crippen LogP contribution in [0.4, 0.5) is 11.4 Å². The first kappa shape index (κ1) is 22.4. The van der Waals surface area contributed by atoms with Crippen LogP contribution in [0.1, 0.15) is 34.5 Å². The highest BCUT2D eigenvalue weighted by molar-refractivity contribution is 7.92. The monoisotopic (exact) mass is 461 g/mol. The molecule has 0 bridgehead atoms. The molecule has 2 aromatic carbocycles. The smallest absolute Gasteiger partial charge is 0.255 e. The van der Waals surface area contributed by atoms with Crippen molar-refractivity contribution >= 4 is 27.3 Å². The van der Waals surface area contributed by atoms with Crippen LogP contribution < -0.4 is 14.4 Å². The van der Waals surface area contributed by atoms with Gasteiger partial charge in [0.15, 0.2) is 0 Å². The zero-order valence-corrected chi connectivity index (χ0v) is 18.9. The predicted octanol–water partition coefficient (Wildman–Crippen LogP) is 3.67. The molecule has 0 spiro atoms. The van der Waals surface area contributed by atoms with E-state index >= 15 is 0 Å². The summed E-state index contributed by atoms with van der Waals surface area (Å²) < 4.78 is 31.3. The summed E-state index contributed by atoms with van der Waals surface area (Å²) >= 11 is 0. The third-order valence-corrected chi connectivity index (χ3v) is 7.04. The van der Waals surface area contributed by atoms with Crippen molar-refractivity contribution in [3.63, 3.8) is 0 Å². The molecule has 0 radical (unpaired) electrons. The Hall–Kier alpha value is -3.83. The average Bonchev–Trinajstić information content (AvgIpc) is 2.83. The summed E-state index contributed by atoms with van der Waals surface area (Å²) in [6.07, 6.45) is 3.18. The molecule has 1 saturated heterocycles. The number of ether oxygens (including phenoxy) is 1. The maximum Gasteiger partial charge on any atom is 0.255 e. The van der Waals surface area contributed by atoms with Gasteiger partial charge in [-0.25, -0.2) is 13.4 Å². The number of methoxy groups -OCH3 is 1. The van der Waals surface area contributed by atoms with E-state index in [1.54, 1.807) is 54.7 Å². The van der Waals surface area contributed by atoms with Crippen molar-refractivity contribution in [1.82, 2.24) is 4.98 Å². The normalized spacial score (nSPS) is 14.6. The maximum absolute atomic E-state index is 12.9. The lowest BCUT2D eigenvalue weighted by Gasteiger charge is -2.28. The number of hydrogen-bond acceptors (Lipinski definition) is 5. The van der Waals surface area contributed by atoms with Gasteiger partial charge in [-0.2, -0.15) is 0 Å². The molecule has 1 aromatic heterocycles. The Kier molecular flexibility index (Phi) is 6.61. The van der Waals surface area contributed by atoms with E-state index in [0.717, 1.165) is 6.42 Å². The highest BCUT2D eigenvalue weighted by Gasteiger charge is 2.25. The van der Waals surface area contributed by atoms with Gasteiger partial charge in [0.25, 0.3) is 5.91 Å². The van der Waals surface area contributed by atoms with E-state index in [-0.39, 0.29) is 11.7 Å². The van der Waals surface area contributed by atoms with E-state index < -0.39 is 10.0 Å². The summed E-state index contributed by atoms with van der Waals surface area (Å²) in [5.74, 6) is 6.33. The molecule has 1 fully saturated rings. The van der Waals surface area contributed by atoms with Crippen LogP contribution in [0.15, 0.2) is 66.9 Å². The van der Waals surface area contributed by atoms with Crippen molar-refractivity contribution in [3.05, 3.63) is 83.7 Å². The Morgan fingerprint density at radius 1 is 1.06 bits per heavy atom. The van der Waals surface area contributed by atoms with Crippen LogP contribution in [0.5, 0.6) is 5.75 Å². The van der Waals surface area contributed by atoms with Crippen LogP contribution in [0.2, 0.25) is 0 Å². The van der Waals surface area contributed by atoms with Gasteiger partial charge < -0.3 is 10.1 Å². The molecule has 1 N–H and O–H groups in total. The lowest BCUT2D eigenvalue weighted by Crippen LogP contribution is -2.37. The third kappa shape index (κ3) is 5.51. The fraction of sp³-hybridized carbons (Fsp3) is 0.200. The second-order valence-corrected chi connectivity index (χ2v) is 9.52. The second-order valence-electron chi connectivity index (χ2n) is 7.51. The first-order valence-corrected chi connectivity index (χ1v) is 12.1. The number of carbonyl (C=O) groups excluding carboxylic acids is 1. The quantitative estimate of drug-likeness (QED) is 0.599. The Morgan fingerprint density at radius 3 is 2.58 bits per heavy atom. The van der Waals surface area contributed by atoms with Gasteiger partial charge in [0.2, 0.25) is 10.0 Å². The van der Waals surface area contributed by atoms with E-state index in [9.17, 15) is 13.2 Å². The number of nitrogens with one attached hydrogen (secondary N) is 1. The van der Waals surface area contributed by atoms with Gasteiger partial charge in [-0.3, -0.25) is 9.10 Å². The molecule has 0 atom stereocenters. The SMILES string of the molecule is COc1cc(C#Cc2ccccn2)cc(C(=O)Nc2ccc(N3CCCCS3(=O)=O)cc2)c1. The summed E-state index contributed by atoms with van der Waals surface area (Å²) in [5, 5.41) is 2.84. The van der Waals surface area contributed by atoms with Crippen LogP contribution >= 0.6 is 0 Å². The van der Waals surface area contributed by atoms with Crippen molar-refractivity contribution in [2.75, 3.05) is 29.0 Å². The molecule has 33 heavy (non-hydrogen) atoms. The molecule has 168 valence electrons. The zero-order valence-electron chi connectivity index (χ0n) is 18.1. The highest BCUT2D eigenvalue weighted by atomic mass is 32.2. The lowest BCUT2D eigenvalue weighted by molar-refractivity contribution is 0.102. The molecule has 0 saturated carbocycles. The van der Waals surface area contributed by atoms with Gasteiger partial charge >= 0.3 is 0 Å². The molecule has 3 aromatic rings. The van der Waals surface area contributed by atoms with Crippen molar-refractivity contribution in [3.8, 4) is 17.6 Å². The van der Waals surface area contributed by atoms with Gasteiger partial charge in [-0.1, -0.05) is 12.0 Å². The van der Waals surface area contributed by atoms with Crippen molar-refractivity contribution in [2.45, 2.75) is 12.8 Å². The van der Waals surface area contributed by atoms with Crippen molar-refractivity contribution in [1.29, 1.82) is 0 Å². The minimum absolute atomic E-state index is 0.160. The molecule has 7 nitrogen and oxygen atoms in total. The molecular formula is C25H23N3O4S. The first-order valence-electron chi connectivity index (χ1n) is 10.5. The Labute approximate surface area is 193 Å². The van der Waals surface area contributed by atoms with Crippen LogP contribution in [0.3, 0.4) is 0 Å². The molecule has 8 heteroatoms. The van der Waals surface area contributed by atoms with Crippen LogP contribution in [-0.2, 0) is 10.0 Å². The number of anilines is 2. The highest BCUT2D eigenvalue weighted by Crippen LogP contribution is 2.25. The number of aromatic nitrogens is 1. The van der Waals surface area contributed by atoms with Crippen LogP contribution in [0.25, 0.3) is 0 Å². The van der Waals surface area contributed by atoms with Gasteiger partial charge in [0.05, 0.1) is 18.6 Å². The predicted molar refractivity (Wildman–Crippen MR) is 128 cm³/mol. The first-order chi connectivity index (χ1) is 15.9. The molecule has 2 heterocycles. The number of rotatable bonds is 4. The summed E-state index contributed by atoms with van der Waals surface area (Å²) in [7, 11) is -1.75. The summed E-state index contributed by atoms with van der Waals surface area (Å²) in [6.45, 7) is 0.472. The number of hydrogen-bond donors (Lipinski definition) is 1. The zero-order chi connectivity index (χ0) is 23.3. The number of pyridine rings is 1. The molecule has 0 aliphatic carbocycles. The van der Waals surface area contributed by atoms with Crippen LogP contribution in [-0.4, -0.2) is 38.7 Å². The number of benzene rings is 2. The number of nitrogens with zero attached hydrogens (tertiary/aromatic N) is 2. The second kappa shape index (κ2) is 9.76. The minimum atomic E-state index is -3.28. The van der Waals surface area contributed by atoms with E-state index in [1.165, 1.54) is 11.4 Å². The summed E-state index contributed by atoms with van der Waals surface area (Å²) in [6, 6.07) is 17.3. The van der Waals surface area contributed by atoms with E-state index in [0.29, 0.717) is 46.9 Å². The van der Waals surface area contributed by atoms with Gasteiger partial charge in [-0.05, 0) is 73.4 Å².